The molecule has 11 heteroatoms. The molecule has 3 aromatic rings. The van der Waals surface area contributed by atoms with E-state index in [0.717, 1.165) is 9.25 Å². The van der Waals surface area contributed by atoms with Crippen molar-refractivity contribution in [3.05, 3.63) is 86.4 Å². The van der Waals surface area contributed by atoms with Crippen LogP contribution in [0.5, 0.6) is 5.75 Å². The average Bonchev–Trinajstić information content (AvgIpc) is 2.91. The van der Waals surface area contributed by atoms with Crippen molar-refractivity contribution >= 4 is 11.9 Å². The van der Waals surface area contributed by atoms with E-state index in [1.54, 1.807) is 37.3 Å². The molecule has 4 rings (SSSR count). The number of methoxy groups -OCH3 is 1. The lowest BCUT2D eigenvalue weighted by molar-refractivity contribution is -0.149. The highest BCUT2D eigenvalue weighted by Gasteiger charge is 2.32. The van der Waals surface area contributed by atoms with Crippen molar-refractivity contribution in [1.29, 1.82) is 0 Å². The first-order valence-electron chi connectivity index (χ1n) is 11.9. The molecule has 2 aromatic carbocycles. The predicted molar refractivity (Wildman–Crippen MR) is 131 cm³/mol. The van der Waals surface area contributed by atoms with E-state index in [1.807, 2.05) is 0 Å². The SMILES string of the molecule is CCOC(=O)[C@@H]1CCCN(C(=O)c2nn(-c3ccc(OC)cc3)c(=O)n(Cc3cccc(F)c3)c2=O)C1. The molecule has 0 saturated carbocycles. The molecule has 194 valence electrons. The van der Waals surface area contributed by atoms with E-state index in [4.69, 9.17) is 9.47 Å². The van der Waals surface area contributed by atoms with Gasteiger partial charge in [-0.15, -0.1) is 0 Å². The van der Waals surface area contributed by atoms with Gasteiger partial charge in [-0.25, -0.2) is 9.18 Å². The van der Waals surface area contributed by atoms with Gasteiger partial charge in [0.1, 0.15) is 11.6 Å². The van der Waals surface area contributed by atoms with Crippen LogP contribution in [0.4, 0.5) is 4.39 Å². The quantitative estimate of drug-likeness (QED) is 0.447. The number of halogens is 1. The van der Waals surface area contributed by atoms with Crippen LogP contribution in [0.3, 0.4) is 0 Å². The second kappa shape index (κ2) is 11.2. The van der Waals surface area contributed by atoms with Gasteiger partial charge in [-0.2, -0.15) is 9.78 Å². The molecule has 0 radical (unpaired) electrons. The molecule has 37 heavy (non-hydrogen) atoms. The number of amides is 1. The van der Waals surface area contributed by atoms with E-state index in [0.29, 0.717) is 36.4 Å². The molecule has 1 aromatic heterocycles. The fraction of sp³-hybridized carbons (Fsp3) is 0.346. The Kier molecular flexibility index (Phi) is 7.80. The highest BCUT2D eigenvalue weighted by molar-refractivity contribution is 5.92. The highest BCUT2D eigenvalue weighted by atomic mass is 19.1. The Bertz CT molecular complexity index is 1420. The number of benzene rings is 2. The first kappa shape index (κ1) is 25.8. The summed E-state index contributed by atoms with van der Waals surface area (Å²) >= 11 is 0. The van der Waals surface area contributed by atoms with Gasteiger partial charge in [-0.05, 0) is 61.7 Å². The van der Waals surface area contributed by atoms with Gasteiger partial charge < -0.3 is 14.4 Å². The monoisotopic (exact) mass is 510 g/mol. The van der Waals surface area contributed by atoms with Crippen molar-refractivity contribution in [2.24, 2.45) is 5.92 Å². The second-order valence-corrected chi connectivity index (χ2v) is 8.60. The molecule has 10 nitrogen and oxygen atoms in total. The lowest BCUT2D eigenvalue weighted by atomic mass is 9.98. The van der Waals surface area contributed by atoms with E-state index in [-0.39, 0.29) is 19.7 Å². The van der Waals surface area contributed by atoms with E-state index in [2.05, 4.69) is 5.10 Å². The lowest BCUT2D eigenvalue weighted by Gasteiger charge is -2.31. The Morgan fingerprint density at radius 3 is 2.57 bits per heavy atom. The Morgan fingerprint density at radius 2 is 1.89 bits per heavy atom. The van der Waals surface area contributed by atoms with Crippen LogP contribution in [-0.4, -0.2) is 57.9 Å². The van der Waals surface area contributed by atoms with Crippen LogP contribution in [0, 0.1) is 11.7 Å². The van der Waals surface area contributed by atoms with Gasteiger partial charge in [0, 0.05) is 13.1 Å². The van der Waals surface area contributed by atoms with Gasteiger partial charge in [0.05, 0.1) is 31.9 Å². The third-order valence-corrected chi connectivity index (χ3v) is 6.14. The maximum Gasteiger partial charge on any atom is 0.352 e. The minimum absolute atomic E-state index is 0.0738. The van der Waals surface area contributed by atoms with E-state index in [1.165, 1.54) is 30.2 Å². The summed E-state index contributed by atoms with van der Waals surface area (Å²) in [5, 5.41) is 4.15. The third-order valence-electron chi connectivity index (χ3n) is 6.14. The molecule has 1 saturated heterocycles. The van der Waals surface area contributed by atoms with Crippen LogP contribution in [-0.2, 0) is 16.1 Å². The van der Waals surface area contributed by atoms with Gasteiger partial charge in [-0.3, -0.25) is 19.0 Å². The van der Waals surface area contributed by atoms with Crippen LogP contribution in [0.25, 0.3) is 5.69 Å². The van der Waals surface area contributed by atoms with Crippen molar-refractivity contribution in [2.45, 2.75) is 26.3 Å². The predicted octanol–water partition coefficient (Wildman–Crippen LogP) is 2.01. The number of piperidine rings is 1. The molecule has 1 amide bonds. The number of carbonyl (C=O) groups excluding carboxylic acids is 2. The fourth-order valence-electron chi connectivity index (χ4n) is 4.26. The van der Waals surface area contributed by atoms with Crippen LogP contribution >= 0.6 is 0 Å². The number of aromatic nitrogens is 3. The zero-order chi connectivity index (χ0) is 26.5. The molecule has 0 spiro atoms. The summed E-state index contributed by atoms with van der Waals surface area (Å²) in [6.45, 7) is 2.06. The number of rotatable bonds is 7. The second-order valence-electron chi connectivity index (χ2n) is 8.60. The van der Waals surface area contributed by atoms with Crippen LogP contribution in [0.1, 0.15) is 35.8 Å². The zero-order valence-corrected chi connectivity index (χ0v) is 20.6. The summed E-state index contributed by atoms with van der Waals surface area (Å²) in [4.78, 5) is 53.9. The Balaban J connectivity index is 1.78. The summed E-state index contributed by atoms with van der Waals surface area (Å²) in [5.41, 5.74) is -1.50. The summed E-state index contributed by atoms with van der Waals surface area (Å²) < 4.78 is 25.9. The lowest BCUT2D eigenvalue weighted by Crippen LogP contribution is -2.49. The Morgan fingerprint density at radius 1 is 1.14 bits per heavy atom. The summed E-state index contributed by atoms with van der Waals surface area (Å²) in [6, 6.07) is 11.9. The number of likely N-dealkylation sites (tertiary alicyclic amines) is 1. The minimum Gasteiger partial charge on any atom is -0.497 e. The number of hydrogen-bond acceptors (Lipinski definition) is 7. The topological polar surface area (TPSA) is 113 Å². The normalized spacial score (nSPS) is 15.3. The number of hydrogen-bond donors (Lipinski definition) is 0. The van der Waals surface area contributed by atoms with Gasteiger partial charge in [-0.1, -0.05) is 12.1 Å². The average molecular weight is 511 g/mol. The molecule has 1 aliphatic heterocycles. The van der Waals surface area contributed by atoms with Gasteiger partial charge >= 0.3 is 11.7 Å². The number of esters is 1. The van der Waals surface area contributed by atoms with Gasteiger partial charge in [0.15, 0.2) is 0 Å². The number of ether oxygens (including phenoxy) is 2. The van der Waals surface area contributed by atoms with Crippen molar-refractivity contribution in [2.75, 3.05) is 26.8 Å². The number of carbonyl (C=O) groups is 2. The molecule has 0 unspecified atom stereocenters. The molecular formula is C26H27FN4O6. The van der Waals surface area contributed by atoms with E-state index >= 15 is 0 Å². The zero-order valence-electron chi connectivity index (χ0n) is 20.6. The van der Waals surface area contributed by atoms with E-state index in [9.17, 15) is 23.6 Å². The first-order chi connectivity index (χ1) is 17.8. The van der Waals surface area contributed by atoms with Crippen molar-refractivity contribution < 1.29 is 23.5 Å². The maximum absolute atomic E-state index is 13.8. The molecule has 1 aliphatic rings. The molecule has 0 N–H and O–H groups in total. The highest BCUT2D eigenvalue weighted by Crippen LogP contribution is 2.19. The number of nitrogens with zero attached hydrogens (tertiary/aromatic N) is 4. The fourth-order valence-corrected chi connectivity index (χ4v) is 4.26. The smallest absolute Gasteiger partial charge is 0.352 e. The molecule has 0 bridgehead atoms. The molecule has 0 aliphatic carbocycles. The minimum atomic E-state index is -0.901. The molecular weight excluding hydrogens is 483 g/mol. The molecule has 1 atom stereocenters. The van der Waals surface area contributed by atoms with Crippen LogP contribution in [0.15, 0.2) is 58.1 Å². The molecule has 1 fully saturated rings. The van der Waals surface area contributed by atoms with Crippen molar-refractivity contribution in [3.63, 3.8) is 0 Å². The Hall–Kier alpha value is -4.28. The standard InChI is InChI=1S/C26H27FN4O6/c1-3-37-25(34)18-7-5-13-29(16-18)23(32)22-24(33)30(15-17-6-4-8-19(27)14-17)26(35)31(28-22)20-9-11-21(36-2)12-10-20/h4,6,8-12,14,18H,3,5,7,13,15-16H2,1-2H3/t18-/m1/s1. The summed E-state index contributed by atoms with van der Waals surface area (Å²) in [6.07, 6.45) is 1.11. The van der Waals surface area contributed by atoms with Gasteiger partial charge in [0.2, 0.25) is 5.69 Å². The summed E-state index contributed by atoms with van der Waals surface area (Å²) in [7, 11) is 1.50. The molecule has 2 heterocycles. The van der Waals surface area contributed by atoms with Crippen LogP contribution in [0.2, 0.25) is 0 Å². The maximum atomic E-state index is 13.8. The van der Waals surface area contributed by atoms with Crippen LogP contribution < -0.4 is 16.0 Å². The Labute approximate surface area is 211 Å². The largest absolute Gasteiger partial charge is 0.497 e. The van der Waals surface area contributed by atoms with E-state index < -0.39 is 40.6 Å². The van der Waals surface area contributed by atoms with Gasteiger partial charge in [0.25, 0.3) is 11.5 Å². The third kappa shape index (κ3) is 5.60. The first-order valence-corrected chi connectivity index (χ1v) is 11.9. The summed E-state index contributed by atoms with van der Waals surface area (Å²) in [5.74, 6) is -1.60. The van der Waals surface area contributed by atoms with Crippen molar-refractivity contribution in [3.8, 4) is 11.4 Å². The van der Waals surface area contributed by atoms with Crippen molar-refractivity contribution in [1.82, 2.24) is 19.2 Å².